The monoisotopic (exact) mass is 329 g/mol. The van der Waals surface area contributed by atoms with E-state index in [1.807, 2.05) is 6.07 Å². The summed E-state index contributed by atoms with van der Waals surface area (Å²) < 4.78 is 10.6. The Kier molecular flexibility index (Phi) is 4.34. The number of aromatic nitrogens is 3. The number of rotatable bonds is 6. The first-order valence-corrected chi connectivity index (χ1v) is 8.58. The van der Waals surface area contributed by atoms with Gasteiger partial charge in [0.05, 0.1) is 19.9 Å². The van der Waals surface area contributed by atoms with Crippen LogP contribution in [0.5, 0.6) is 5.88 Å². The molecule has 0 amide bonds. The molecule has 2 aliphatic rings. The van der Waals surface area contributed by atoms with Crippen LogP contribution < -0.4 is 9.64 Å². The van der Waals surface area contributed by atoms with Crippen LogP contribution in [0.1, 0.15) is 31.6 Å². The third kappa shape index (κ3) is 3.36. The number of likely N-dealkylation sites (tertiary alicyclic amines) is 1. The number of anilines is 1. The van der Waals surface area contributed by atoms with E-state index >= 15 is 0 Å². The highest BCUT2D eigenvalue weighted by Gasteiger charge is 2.36. The predicted octanol–water partition coefficient (Wildman–Crippen LogP) is 2.11. The average Bonchev–Trinajstić information content (AvgIpc) is 3.32. The van der Waals surface area contributed by atoms with Crippen molar-refractivity contribution < 1.29 is 9.15 Å². The van der Waals surface area contributed by atoms with Gasteiger partial charge in [0.25, 0.3) is 0 Å². The summed E-state index contributed by atoms with van der Waals surface area (Å²) >= 11 is 0. The molecule has 2 aromatic rings. The van der Waals surface area contributed by atoms with Crippen LogP contribution in [-0.4, -0.2) is 52.1 Å². The van der Waals surface area contributed by atoms with Gasteiger partial charge in [-0.1, -0.05) is 0 Å². The lowest BCUT2D eigenvalue weighted by atomic mass is 10.0. The first-order chi connectivity index (χ1) is 11.8. The van der Waals surface area contributed by atoms with Crippen molar-refractivity contribution in [2.45, 2.75) is 44.3 Å². The number of hydrogen-bond donors (Lipinski definition) is 0. The highest BCUT2D eigenvalue weighted by molar-refractivity contribution is 5.45. The summed E-state index contributed by atoms with van der Waals surface area (Å²) in [4.78, 5) is 17.8. The Morgan fingerprint density at radius 3 is 2.62 bits per heavy atom. The first kappa shape index (κ1) is 15.4. The van der Waals surface area contributed by atoms with Crippen LogP contribution in [-0.2, 0) is 6.54 Å². The van der Waals surface area contributed by atoms with Crippen molar-refractivity contribution in [3.05, 3.63) is 30.7 Å². The summed E-state index contributed by atoms with van der Waals surface area (Å²) in [6, 6.07) is 3.10. The lowest BCUT2D eigenvalue weighted by Crippen LogP contribution is -2.46. The molecule has 0 radical (unpaired) electrons. The maximum atomic E-state index is 5.36. The van der Waals surface area contributed by atoms with Crippen LogP contribution in [0.15, 0.2) is 29.3 Å². The number of methoxy groups -OCH3 is 1. The molecule has 1 aliphatic carbocycles. The molecule has 3 heterocycles. The molecule has 4 rings (SSSR count). The van der Waals surface area contributed by atoms with Crippen LogP contribution >= 0.6 is 0 Å². The molecule has 2 fully saturated rings. The van der Waals surface area contributed by atoms with Crippen molar-refractivity contribution in [3.8, 4) is 5.88 Å². The summed E-state index contributed by atoms with van der Waals surface area (Å²) in [6.45, 7) is 2.90. The van der Waals surface area contributed by atoms with E-state index in [-0.39, 0.29) is 0 Å². The topological polar surface area (TPSA) is 67.5 Å². The van der Waals surface area contributed by atoms with E-state index in [0.717, 1.165) is 44.2 Å². The van der Waals surface area contributed by atoms with E-state index in [2.05, 4.69) is 24.8 Å². The maximum absolute atomic E-state index is 5.36. The van der Waals surface area contributed by atoms with E-state index in [1.165, 1.54) is 12.8 Å². The zero-order valence-electron chi connectivity index (χ0n) is 14.0. The Morgan fingerprint density at radius 2 is 1.96 bits per heavy atom. The largest absolute Gasteiger partial charge is 0.481 e. The molecule has 1 saturated heterocycles. The zero-order chi connectivity index (χ0) is 16.4. The number of oxazole rings is 1. The Bertz CT molecular complexity index is 651. The van der Waals surface area contributed by atoms with Crippen molar-refractivity contribution in [2.75, 3.05) is 25.1 Å². The highest BCUT2D eigenvalue weighted by atomic mass is 16.5. The molecule has 0 unspecified atom stereocenters. The Morgan fingerprint density at radius 1 is 1.17 bits per heavy atom. The van der Waals surface area contributed by atoms with Crippen molar-refractivity contribution in [1.29, 1.82) is 0 Å². The quantitative estimate of drug-likeness (QED) is 0.804. The SMILES string of the molecule is COc1cc(N(C2CC2)C2CCN(Cc3ncco3)CC2)ncn1. The van der Waals surface area contributed by atoms with E-state index in [0.29, 0.717) is 18.0 Å². The predicted molar refractivity (Wildman–Crippen MR) is 88.9 cm³/mol. The molecule has 0 N–H and O–H groups in total. The Hall–Kier alpha value is -2.15. The summed E-state index contributed by atoms with van der Waals surface area (Å²) in [5, 5.41) is 0. The van der Waals surface area contributed by atoms with E-state index in [4.69, 9.17) is 9.15 Å². The second-order valence-electron chi connectivity index (χ2n) is 6.49. The molecule has 2 aromatic heterocycles. The van der Waals surface area contributed by atoms with Gasteiger partial charge in [-0.05, 0) is 25.7 Å². The van der Waals surface area contributed by atoms with Crippen molar-refractivity contribution >= 4 is 5.82 Å². The normalized spacial score (nSPS) is 19.4. The number of piperidine rings is 1. The highest BCUT2D eigenvalue weighted by Crippen LogP contribution is 2.36. The third-order valence-electron chi connectivity index (χ3n) is 4.83. The molecule has 7 heteroatoms. The van der Waals surface area contributed by atoms with Crippen LogP contribution in [0.4, 0.5) is 5.82 Å². The second kappa shape index (κ2) is 6.76. The number of ether oxygens (including phenoxy) is 1. The van der Waals surface area contributed by atoms with Gasteiger partial charge in [0.15, 0.2) is 0 Å². The third-order valence-corrected chi connectivity index (χ3v) is 4.83. The molecule has 0 bridgehead atoms. The van der Waals surface area contributed by atoms with E-state index in [1.54, 1.807) is 25.9 Å². The fourth-order valence-electron chi connectivity index (χ4n) is 3.49. The van der Waals surface area contributed by atoms with Crippen LogP contribution in [0, 0.1) is 0 Å². The zero-order valence-corrected chi connectivity index (χ0v) is 14.0. The Labute approximate surface area is 141 Å². The van der Waals surface area contributed by atoms with Crippen LogP contribution in [0.2, 0.25) is 0 Å². The van der Waals surface area contributed by atoms with Gasteiger partial charge >= 0.3 is 0 Å². The molecule has 0 atom stereocenters. The van der Waals surface area contributed by atoms with Crippen molar-refractivity contribution in [2.24, 2.45) is 0 Å². The van der Waals surface area contributed by atoms with Crippen molar-refractivity contribution in [1.82, 2.24) is 19.9 Å². The molecule has 0 aromatic carbocycles. The van der Waals surface area contributed by atoms with Gasteiger partial charge in [0, 0.05) is 31.2 Å². The minimum absolute atomic E-state index is 0.526. The van der Waals surface area contributed by atoms with Gasteiger partial charge in [0.2, 0.25) is 11.8 Å². The van der Waals surface area contributed by atoms with Gasteiger partial charge in [-0.2, -0.15) is 0 Å². The summed E-state index contributed by atoms with van der Waals surface area (Å²) in [5.74, 6) is 2.43. The molecule has 1 aliphatic heterocycles. The van der Waals surface area contributed by atoms with Gasteiger partial charge in [-0.15, -0.1) is 0 Å². The lowest BCUT2D eigenvalue weighted by molar-refractivity contribution is 0.184. The fourth-order valence-corrected chi connectivity index (χ4v) is 3.49. The first-order valence-electron chi connectivity index (χ1n) is 8.58. The second-order valence-corrected chi connectivity index (χ2v) is 6.49. The maximum Gasteiger partial charge on any atom is 0.218 e. The minimum Gasteiger partial charge on any atom is -0.481 e. The molecule has 128 valence electrons. The van der Waals surface area contributed by atoms with Gasteiger partial charge < -0.3 is 14.1 Å². The number of nitrogens with zero attached hydrogens (tertiary/aromatic N) is 5. The molecule has 1 saturated carbocycles. The fraction of sp³-hybridized carbons (Fsp3) is 0.588. The van der Waals surface area contributed by atoms with Gasteiger partial charge in [-0.25, -0.2) is 15.0 Å². The average molecular weight is 329 g/mol. The minimum atomic E-state index is 0.526. The summed E-state index contributed by atoms with van der Waals surface area (Å²) in [7, 11) is 1.65. The van der Waals surface area contributed by atoms with E-state index < -0.39 is 0 Å². The van der Waals surface area contributed by atoms with Gasteiger partial charge in [-0.3, -0.25) is 4.90 Å². The summed E-state index contributed by atoms with van der Waals surface area (Å²) in [5.41, 5.74) is 0. The van der Waals surface area contributed by atoms with E-state index in [9.17, 15) is 0 Å². The molecule has 0 spiro atoms. The van der Waals surface area contributed by atoms with Crippen molar-refractivity contribution in [3.63, 3.8) is 0 Å². The van der Waals surface area contributed by atoms with Crippen LogP contribution in [0.25, 0.3) is 0 Å². The molecule has 7 nitrogen and oxygen atoms in total. The summed E-state index contributed by atoms with van der Waals surface area (Å²) in [6.07, 6.45) is 9.71. The molecular formula is C17H23N5O2. The van der Waals surface area contributed by atoms with Gasteiger partial charge in [0.1, 0.15) is 18.4 Å². The Balaban J connectivity index is 1.42. The molecular weight excluding hydrogens is 306 g/mol. The smallest absolute Gasteiger partial charge is 0.218 e. The number of hydrogen-bond acceptors (Lipinski definition) is 7. The standard InChI is InChI=1S/C17H23N5O2/c1-23-16-10-15(19-12-20-16)22(13-2-3-13)14-4-7-21(8-5-14)11-17-18-6-9-24-17/h6,9-10,12-14H,2-5,7-8,11H2,1H3. The lowest BCUT2D eigenvalue weighted by Gasteiger charge is -2.39. The van der Waals surface area contributed by atoms with Crippen LogP contribution in [0.3, 0.4) is 0 Å². The molecule has 24 heavy (non-hydrogen) atoms.